The van der Waals surface area contributed by atoms with E-state index in [1.54, 1.807) is 0 Å². The minimum absolute atomic E-state index is 0.197. The van der Waals surface area contributed by atoms with Gasteiger partial charge in [0.1, 0.15) is 0 Å². The van der Waals surface area contributed by atoms with Crippen LogP contribution in [0.15, 0.2) is 12.1 Å². The van der Waals surface area contributed by atoms with E-state index in [0.29, 0.717) is 0 Å². The van der Waals surface area contributed by atoms with Gasteiger partial charge in [-0.25, -0.2) is 0 Å². The minimum atomic E-state index is -0.197. The molecule has 0 bridgehead atoms. The maximum Gasteiger partial charge on any atom is 0.0524 e. The summed E-state index contributed by atoms with van der Waals surface area (Å²) < 4.78 is 0. The molecule has 0 radical (unpaired) electrons. The smallest absolute Gasteiger partial charge is 0.0524 e. The third kappa shape index (κ3) is 4.41. The molecule has 0 fully saturated rings. The van der Waals surface area contributed by atoms with Crippen LogP contribution >= 0.6 is 11.3 Å². The summed E-state index contributed by atoms with van der Waals surface area (Å²) in [5.41, 5.74) is 0. The maximum atomic E-state index is 9.02. The van der Waals surface area contributed by atoms with E-state index >= 15 is 0 Å². The largest absolute Gasteiger partial charge is 0.393 e. The van der Waals surface area contributed by atoms with Gasteiger partial charge >= 0.3 is 0 Å². The van der Waals surface area contributed by atoms with E-state index in [4.69, 9.17) is 5.11 Å². The summed E-state index contributed by atoms with van der Waals surface area (Å²) in [6.07, 6.45) is 0.627. The van der Waals surface area contributed by atoms with Crippen molar-refractivity contribution in [1.82, 2.24) is 5.32 Å². The lowest BCUT2D eigenvalue weighted by Gasteiger charge is -2.04. The SMILES string of the molecule is Cc1ccc(CNCCC(C)O)s1. The Balaban J connectivity index is 2.13. The van der Waals surface area contributed by atoms with Gasteiger partial charge in [-0.1, -0.05) is 0 Å². The summed E-state index contributed by atoms with van der Waals surface area (Å²) in [6.45, 7) is 5.74. The lowest BCUT2D eigenvalue weighted by molar-refractivity contribution is 0.183. The Morgan fingerprint density at radius 2 is 2.31 bits per heavy atom. The number of hydrogen-bond acceptors (Lipinski definition) is 3. The van der Waals surface area contributed by atoms with Crippen LogP contribution in [0.25, 0.3) is 0 Å². The van der Waals surface area contributed by atoms with Crippen LogP contribution in [0.1, 0.15) is 23.1 Å². The normalized spacial score (nSPS) is 13.2. The number of aliphatic hydroxyl groups excluding tert-OH is 1. The first-order valence-corrected chi connectivity index (χ1v) is 5.44. The molecule has 1 aromatic heterocycles. The Hall–Kier alpha value is -0.380. The maximum absolute atomic E-state index is 9.02. The molecule has 0 amide bonds. The third-order valence-electron chi connectivity index (χ3n) is 1.83. The number of nitrogens with one attached hydrogen (secondary N) is 1. The highest BCUT2D eigenvalue weighted by Crippen LogP contribution is 2.14. The van der Waals surface area contributed by atoms with Crippen molar-refractivity contribution in [2.75, 3.05) is 6.54 Å². The fourth-order valence-corrected chi connectivity index (χ4v) is 1.96. The van der Waals surface area contributed by atoms with Crippen LogP contribution in [-0.4, -0.2) is 17.8 Å². The van der Waals surface area contributed by atoms with E-state index in [1.807, 2.05) is 18.3 Å². The summed E-state index contributed by atoms with van der Waals surface area (Å²) in [7, 11) is 0. The fraction of sp³-hybridized carbons (Fsp3) is 0.600. The zero-order chi connectivity index (χ0) is 9.68. The molecule has 74 valence electrons. The molecule has 0 saturated heterocycles. The van der Waals surface area contributed by atoms with E-state index in [-0.39, 0.29) is 6.10 Å². The highest BCUT2D eigenvalue weighted by molar-refractivity contribution is 7.11. The molecule has 0 aliphatic rings. The number of hydrogen-bond donors (Lipinski definition) is 2. The van der Waals surface area contributed by atoms with Gasteiger partial charge in [0.15, 0.2) is 0 Å². The van der Waals surface area contributed by atoms with Crippen molar-refractivity contribution in [3.63, 3.8) is 0 Å². The van der Waals surface area contributed by atoms with Crippen molar-refractivity contribution >= 4 is 11.3 Å². The molecule has 3 heteroatoms. The second-order valence-electron chi connectivity index (χ2n) is 3.33. The van der Waals surface area contributed by atoms with Crippen LogP contribution in [0.3, 0.4) is 0 Å². The van der Waals surface area contributed by atoms with Gasteiger partial charge in [-0.15, -0.1) is 11.3 Å². The van der Waals surface area contributed by atoms with Gasteiger partial charge in [0.25, 0.3) is 0 Å². The zero-order valence-corrected chi connectivity index (χ0v) is 9.03. The van der Waals surface area contributed by atoms with Crippen LogP contribution < -0.4 is 5.32 Å². The molecule has 0 saturated carbocycles. The zero-order valence-electron chi connectivity index (χ0n) is 8.21. The van der Waals surface area contributed by atoms with Crippen LogP contribution in [0, 0.1) is 6.92 Å². The minimum Gasteiger partial charge on any atom is -0.393 e. The number of thiophene rings is 1. The van der Waals surface area contributed by atoms with Gasteiger partial charge in [0, 0.05) is 16.3 Å². The first kappa shape index (κ1) is 10.7. The molecule has 0 aliphatic heterocycles. The Bertz CT molecular complexity index is 245. The molecule has 2 N–H and O–H groups in total. The van der Waals surface area contributed by atoms with Crippen molar-refractivity contribution in [2.24, 2.45) is 0 Å². The molecule has 1 atom stereocenters. The van der Waals surface area contributed by atoms with Gasteiger partial charge in [0.05, 0.1) is 6.10 Å². The lowest BCUT2D eigenvalue weighted by Crippen LogP contribution is -2.17. The van der Waals surface area contributed by atoms with Crippen LogP contribution in [0.5, 0.6) is 0 Å². The first-order chi connectivity index (χ1) is 6.18. The van der Waals surface area contributed by atoms with Gasteiger partial charge in [0.2, 0.25) is 0 Å². The van der Waals surface area contributed by atoms with E-state index in [2.05, 4.69) is 24.4 Å². The summed E-state index contributed by atoms with van der Waals surface area (Å²) in [5.74, 6) is 0. The van der Waals surface area contributed by atoms with Gasteiger partial charge in [-0.3, -0.25) is 0 Å². The summed E-state index contributed by atoms with van der Waals surface area (Å²) in [4.78, 5) is 2.72. The Labute approximate surface area is 83.6 Å². The highest BCUT2D eigenvalue weighted by atomic mass is 32.1. The Morgan fingerprint density at radius 3 is 2.85 bits per heavy atom. The molecular weight excluding hydrogens is 182 g/mol. The topological polar surface area (TPSA) is 32.3 Å². The number of aryl methyl sites for hydroxylation is 1. The monoisotopic (exact) mass is 199 g/mol. The quantitative estimate of drug-likeness (QED) is 0.710. The molecule has 0 aromatic carbocycles. The van der Waals surface area contributed by atoms with Gasteiger partial charge < -0.3 is 10.4 Å². The first-order valence-electron chi connectivity index (χ1n) is 4.62. The van der Waals surface area contributed by atoms with Crippen molar-refractivity contribution in [3.8, 4) is 0 Å². The molecule has 1 heterocycles. The summed E-state index contributed by atoms with van der Waals surface area (Å²) >= 11 is 1.82. The van der Waals surface area contributed by atoms with Crippen molar-refractivity contribution < 1.29 is 5.11 Å². The van der Waals surface area contributed by atoms with Crippen molar-refractivity contribution in [2.45, 2.75) is 32.9 Å². The van der Waals surface area contributed by atoms with E-state index in [9.17, 15) is 0 Å². The molecule has 1 rings (SSSR count). The van der Waals surface area contributed by atoms with E-state index < -0.39 is 0 Å². The summed E-state index contributed by atoms with van der Waals surface area (Å²) in [5, 5.41) is 12.3. The molecule has 1 unspecified atom stereocenters. The van der Waals surface area contributed by atoms with Crippen LogP contribution in [0.2, 0.25) is 0 Å². The molecule has 13 heavy (non-hydrogen) atoms. The molecule has 2 nitrogen and oxygen atoms in total. The Kier molecular flexibility index (Phi) is 4.42. The van der Waals surface area contributed by atoms with Gasteiger partial charge in [-0.05, 0) is 38.9 Å². The average Bonchev–Trinajstić information content (AvgIpc) is 2.45. The van der Waals surface area contributed by atoms with E-state index in [0.717, 1.165) is 19.5 Å². The molecule has 1 aromatic rings. The Morgan fingerprint density at radius 1 is 1.54 bits per heavy atom. The van der Waals surface area contributed by atoms with Crippen molar-refractivity contribution in [1.29, 1.82) is 0 Å². The van der Waals surface area contributed by atoms with Crippen LogP contribution in [0.4, 0.5) is 0 Å². The van der Waals surface area contributed by atoms with Gasteiger partial charge in [-0.2, -0.15) is 0 Å². The summed E-state index contributed by atoms with van der Waals surface area (Å²) in [6, 6.07) is 4.28. The predicted molar refractivity (Wildman–Crippen MR) is 57.1 cm³/mol. The predicted octanol–water partition coefficient (Wildman–Crippen LogP) is 1.92. The second kappa shape index (κ2) is 5.37. The lowest BCUT2D eigenvalue weighted by atomic mass is 10.3. The van der Waals surface area contributed by atoms with Crippen LogP contribution in [-0.2, 0) is 6.54 Å². The second-order valence-corrected chi connectivity index (χ2v) is 4.70. The third-order valence-corrected chi connectivity index (χ3v) is 2.83. The van der Waals surface area contributed by atoms with Crippen molar-refractivity contribution in [3.05, 3.63) is 21.9 Å². The average molecular weight is 199 g/mol. The number of aliphatic hydroxyl groups is 1. The van der Waals surface area contributed by atoms with E-state index in [1.165, 1.54) is 9.75 Å². The molecular formula is C10H17NOS. The standard InChI is InChI=1S/C10H17NOS/c1-8(12)5-6-11-7-10-4-3-9(2)13-10/h3-4,8,11-12H,5-7H2,1-2H3. The highest BCUT2D eigenvalue weighted by Gasteiger charge is 1.97. The fourth-order valence-electron chi connectivity index (χ4n) is 1.10. The molecule has 0 spiro atoms. The molecule has 0 aliphatic carbocycles. The number of rotatable bonds is 5.